The van der Waals surface area contributed by atoms with Gasteiger partial charge in [-0.1, -0.05) is 0 Å². The summed E-state index contributed by atoms with van der Waals surface area (Å²) < 4.78 is 21.9. The van der Waals surface area contributed by atoms with Crippen LogP contribution in [0, 0.1) is 0 Å². The van der Waals surface area contributed by atoms with Gasteiger partial charge in [0.2, 0.25) is 0 Å². The van der Waals surface area contributed by atoms with E-state index in [2.05, 4.69) is 16.0 Å². The lowest BCUT2D eigenvalue weighted by molar-refractivity contribution is -0.156. The fraction of sp³-hybridized carbons (Fsp3) is 0.884. The molecule has 14 nitrogen and oxygen atoms in total. The van der Waals surface area contributed by atoms with Crippen LogP contribution in [-0.2, 0) is 33.3 Å². The van der Waals surface area contributed by atoms with Crippen LogP contribution in [0.25, 0.3) is 0 Å². The molecule has 0 atom stereocenters. The molecule has 3 saturated heterocycles. The van der Waals surface area contributed by atoms with E-state index in [4.69, 9.17) is 18.9 Å². The summed E-state index contributed by atoms with van der Waals surface area (Å²) in [5.41, 5.74) is -2.21. The summed E-state index contributed by atoms with van der Waals surface area (Å²) in [5.74, 6) is -0.0355. The van der Waals surface area contributed by atoms with Gasteiger partial charge in [-0.2, -0.15) is 0 Å². The van der Waals surface area contributed by atoms with Crippen LogP contribution in [0.4, 0.5) is 9.59 Å². The van der Waals surface area contributed by atoms with Crippen molar-refractivity contribution in [3.05, 3.63) is 0 Å². The summed E-state index contributed by atoms with van der Waals surface area (Å²) in [7, 11) is 0. The number of rotatable bonds is 8. The first-order valence-electron chi connectivity index (χ1n) is 21.7. The van der Waals surface area contributed by atoms with Gasteiger partial charge in [0, 0.05) is 51.1 Å². The second-order valence-electron chi connectivity index (χ2n) is 19.4. The molecule has 57 heavy (non-hydrogen) atoms. The van der Waals surface area contributed by atoms with E-state index in [1.165, 1.54) is 12.8 Å². The number of Topliss-reactive ketones (excluding diaryl/α,β-unsaturated/α-hetero) is 1. The molecule has 0 unspecified atom stereocenters. The Kier molecular flexibility index (Phi) is 18.6. The summed E-state index contributed by atoms with van der Waals surface area (Å²) in [4.78, 5) is 62.5. The molecular weight excluding hydrogens is 730 g/mol. The molecule has 5 fully saturated rings. The van der Waals surface area contributed by atoms with Gasteiger partial charge >= 0.3 is 24.1 Å². The zero-order chi connectivity index (χ0) is 42.4. The van der Waals surface area contributed by atoms with E-state index in [9.17, 15) is 24.0 Å². The number of hydrogen-bond acceptors (Lipinski definition) is 12. The number of hydrogen-bond donors (Lipinski definition) is 3. The van der Waals surface area contributed by atoms with E-state index in [1.807, 2.05) is 69.2 Å². The first kappa shape index (κ1) is 48.4. The van der Waals surface area contributed by atoms with Gasteiger partial charge in [0.25, 0.3) is 0 Å². The standard InChI is InChI=1S/C19H34N2O4.C14H26N2O2.C10H17NO3/c1-18(2,3)25-17(23)21-12-10-14(11-13-21)20-19(4,5)16(22)24-15-8-6-7-9-15;1-14(2,16-11-7-9-15-10-8-11)13(17)18-12-5-3-4-6-12;1-10(2,3)14-9(13)11-6-4-8(12)5-7-11/h14-15,20H,6-13H2,1-5H3;11-12,15-16H,3-10H2,1-2H3;4-7H2,1-3H3. The van der Waals surface area contributed by atoms with Crippen molar-refractivity contribution in [1.82, 2.24) is 25.8 Å². The van der Waals surface area contributed by atoms with Gasteiger partial charge < -0.3 is 34.1 Å². The lowest BCUT2D eigenvalue weighted by Crippen LogP contribution is -2.56. The zero-order valence-electron chi connectivity index (χ0n) is 37.0. The summed E-state index contributed by atoms with van der Waals surface area (Å²) in [5, 5.41) is 10.2. The van der Waals surface area contributed by atoms with Crippen molar-refractivity contribution < 1.29 is 42.9 Å². The molecule has 328 valence electrons. The Hall–Kier alpha value is -2.97. The summed E-state index contributed by atoms with van der Waals surface area (Å²) in [6.07, 6.45) is 13.1. The average Bonchev–Trinajstić information content (AvgIpc) is 3.83. The number of piperidine rings is 3. The van der Waals surface area contributed by atoms with E-state index >= 15 is 0 Å². The van der Waals surface area contributed by atoms with Crippen LogP contribution in [0.15, 0.2) is 0 Å². The molecule has 5 rings (SSSR count). The summed E-state index contributed by atoms with van der Waals surface area (Å²) in [6, 6.07) is 0.627. The third kappa shape index (κ3) is 18.2. The fourth-order valence-corrected chi connectivity index (χ4v) is 7.51. The number of likely N-dealkylation sites (tertiary alicyclic amines) is 2. The van der Waals surface area contributed by atoms with Crippen molar-refractivity contribution in [3.8, 4) is 0 Å². The van der Waals surface area contributed by atoms with Crippen molar-refractivity contribution in [2.24, 2.45) is 0 Å². The van der Waals surface area contributed by atoms with Gasteiger partial charge in [-0.15, -0.1) is 0 Å². The molecule has 0 aromatic rings. The van der Waals surface area contributed by atoms with Gasteiger partial charge in [0.1, 0.15) is 40.3 Å². The SMILES string of the molecule is CC(C)(C)OC(=O)N1CCC(=O)CC1.CC(C)(C)OC(=O)N1CCC(NC(C)(C)C(=O)OC2CCCC2)CC1.CC(C)(NC1CCNCC1)C(=O)OC1CCCC1. The van der Waals surface area contributed by atoms with Gasteiger partial charge in [-0.25, -0.2) is 9.59 Å². The Morgan fingerprint density at radius 2 is 0.895 bits per heavy atom. The molecule has 3 heterocycles. The van der Waals surface area contributed by atoms with Crippen LogP contribution in [0.5, 0.6) is 0 Å². The number of carbonyl (C=O) groups excluding carboxylic acids is 5. The molecule has 5 aliphatic rings. The Morgan fingerprint density at radius 1 is 0.544 bits per heavy atom. The maximum Gasteiger partial charge on any atom is 0.410 e. The van der Waals surface area contributed by atoms with Crippen LogP contribution in [0.3, 0.4) is 0 Å². The van der Waals surface area contributed by atoms with Gasteiger partial charge in [0.05, 0.1) is 0 Å². The van der Waals surface area contributed by atoms with Crippen LogP contribution in [0.2, 0.25) is 0 Å². The molecule has 2 saturated carbocycles. The lowest BCUT2D eigenvalue weighted by Gasteiger charge is -2.37. The summed E-state index contributed by atoms with van der Waals surface area (Å²) >= 11 is 0. The third-order valence-electron chi connectivity index (χ3n) is 10.8. The Labute approximate surface area is 342 Å². The van der Waals surface area contributed by atoms with Crippen LogP contribution in [0.1, 0.15) is 159 Å². The van der Waals surface area contributed by atoms with Crippen molar-refractivity contribution in [3.63, 3.8) is 0 Å². The molecule has 14 heteroatoms. The van der Waals surface area contributed by atoms with Gasteiger partial charge in [-0.3, -0.25) is 25.0 Å². The van der Waals surface area contributed by atoms with Crippen molar-refractivity contribution in [1.29, 1.82) is 0 Å². The Bertz CT molecular complexity index is 1290. The minimum Gasteiger partial charge on any atom is -0.461 e. The highest BCUT2D eigenvalue weighted by Gasteiger charge is 2.37. The van der Waals surface area contributed by atoms with Crippen LogP contribution < -0.4 is 16.0 Å². The number of amides is 2. The Morgan fingerprint density at radius 3 is 1.26 bits per heavy atom. The average molecular weight is 808 g/mol. The van der Waals surface area contributed by atoms with Gasteiger partial charge in [-0.05, 0) is 159 Å². The molecule has 3 aliphatic heterocycles. The van der Waals surface area contributed by atoms with Crippen LogP contribution in [-0.4, -0.2) is 126 Å². The number of nitrogens with zero attached hydrogens (tertiary/aromatic N) is 2. The molecular formula is C43H77N5O9. The monoisotopic (exact) mass is 808 g/mol. The molecule has 0 radical (unpaired) electrons. The second-order valence-corrected chi connectivity index (χ2v) is 19.4. The zero-order valence-corrected chi connectivity index (χ0v) is 37.0. The van der Waals surface area contributed by atoms with Crippen molar-refractivity contribution in [2.75, 3.05) is 39.3 Å². The van der Waals surface area contributed by atoms with Crippen molar-refractivity contribution in [2.45, 2.75) is 206 Å². The van der Waals surface area contributed by atoms with Gasteiger partial charge in [0.15, 0.2) is 0 Å². The fourth-order valence-electron chi connectivity index (χ4n) is 7.51. The van der Waals surface area contributed by atoms with Crippen molar-refractivity contribution >= 4 is 29.9 Å². The highest BCUT2D eigenvalue weighted by atomic mass is 16.6. The molecule has 0 aromatic heterocycles. The molecule has 0 bridgehead atoms. The maximum absolute atomic E-state index is 12.5. The first-order chi connectivity index (χ1) is 26.5. The first-order valence-corrected chi connectivity index (χ1v) is 21.7. The van der Waals surface area contributed by atoms with E-state index in [1.54, 1.807) is 9.80 Å². The molecule has 0 aromatic carbocycles. The van der Waals surface area contributed by atoms with E-state index in [0.29, 0.717) is 45.1 Å². The molecule has 0 spiro atoms. The minimum absolute atomic E-state index is 0.0857. The lowest BCUT2D eigenvalue weighted by atomic mass is 9.98. The highest BCUT2D eigenvalue weighted by molar-refractivity contribution is 5.82. The largest absolute Gasteiger partial charge is 0.461 e. The predicted molar refractivity (Wildman–Crippen MR) is 220 cm³/mol. The maximum atomic E-state index is 12.5. The topological polar surface area (TPSA) is 165 Å². The number of nitrogens with one attached hydrogen (secondary N) is 3. The quantitative estimate of drug-likeness (QED) is 0.183. The minimum atomic E-state index is -0.707. The van der Waals surface area contributed by atoms with E-state index < -0.39 is 22.3 Å². The molecule has 3 N–H and O–H groups in total. The normalized spacial score (nSPS) is 20.8. The number of ketones is 1. The predicted octanol–water partition coefficient (Wildman–Crippen LogP) is 6.42. The number of carbonyl (C=O) groups is 5. The van der Waals surface area contributed by atoms with E-state index in [0.717, 1.165) is 77.3 Å². The summed E-state index contributed by atoms with van der Waals surface area (Å²) in [6.45, 7) is 23.1. The molecule has 2 amide bonds. The van der Waals surface area contributed by atoms with Crippen LogP contribution >= 0.6 is 0 Å². The second kappa shape index (κ2) is 21.9. The van der Waals surface area contributed by atoms with E-state index in [-0.39, 0.29) is 48.2 Å². The third-order valence-corrected chi connectivity index (χ3v) is 10.8. The smallest absolute Gasteiger partial charge is 0.410 e. The molecule has 2 aliphatic carbocycles. The number of ether oxygens (including phenoxy) is 4. The number of esters is 2. The highest BCUT2D eigenvalue weighted by Crippen LogP contribution is 2.25. The Balaban J connectivity index is 0.000000240.